The number of carbonyl (C=O) groups excluding carboxylic acids is 1. The molecular weight excluding hydrogens is 381 g/mol. The molecule has 0 atom stereocenters. The van der Waals surface area contributed by atoms with E-state index in [0.717, 1.165) is 41.6 Å². The molecule has 4 nitrogen and oxygen atoms in total. The van der Waals surface area contributed by atoms with E-state index < -0.39 is 0 Å². The number of pyridine rings is 1. The Labute approximate surface area is 176 Å². The maximum Gasteiger partial charge on any atom is 0.305 e. The van der Waals surface area contributed by atoms with E-state index in [4.69, 9.17) is 9.47 Å². The van der Waals surface area contributed by atoms with Gasteiger partial charge in [0.2, 0.25) is 5.88 Å². The minimum atomic E-state index is -0.280. The van der Waals surface area contributed by atoms with E-state index in [1.165, 1.54) is 12.1 Å². The second kappa shape index (κ2) is 11.1. The molecule has 0 spiro atoms. The lowest BCUT2D eigenvalue weighted by Gasteiger charge is -2.11. The highest BCUT2D eigenvalue weighted by atomic mass is 19.1. The average Bonchev–Trinajstić information content (AvgIpc) is 2.77. The van der Waals surface area contributed by atoms with Gasteiger partial charge in [-0.2, -0.15) is 0 Å². The van der Waals surface area contributed by atoms with Crippen LogP contribution < -0.4 is 4.74 Å². The summed E-state index contributed by atoms with van der Waals surface area (Å²) in [5, 5.41) is 0. The van der Waals surface area contributed by atoms with Crippen LogP contribution in [0.2, 0.25) is 0 Å². The number of benzene rings is 2. The maximum atomic E-state index is 13.3. The zero-order valence-electron chi connectivity index (χ0n) is 17.1. The molecule has 156 valence electrons. The van der Waals surface area contributed by atoms with Crippen molar-refractivity contribution in [2.24, 2.45) is 0 Å². The number of rotatable bonds is 10. The monoisotopic (exact) mass is 407 g/mol. The van der Waals surface area contributed by atoms with Crippen LogP contribution in [0.3, 0.4) is 0 Å². The number of halogens is 1. The highest BCUT2D eigenvalue weighted by Crippen LogP contribution is 2.29. The second-order valence-electron chi connectivity index (χ2n) is 6.92. The highest BCUT2D eigenvalue weighted by molar-refractivity contribution is 5.71. The van der Waals surface area contributed by atoms with Gasteiger partial charge in [-0.05, 0) is 67.6 Å². The van der Waals surface area contributed by atoms with Crippen LogP contribution in [-0.4, -0.2) is 24.2 Å². The fraction of sp³-hybridized carbons (Fsp3) is 0.280. The minimum absolute atomic E-state index is 0.153. The molecule has 0 aliphatic heterocycles. The number of ether oxygens (including phenoxy) is 2. The summed E-state index contributed by atoms with van der Waals surface area (Å²) in [6.07, 6.45) is 2.91. The first-order valence-electron chi connectivity index (χ1n) is 10.3. The molecule has 0 saturated carbocycles. The zero-order valence-corrected chi connectivity index (χ0v) is 17.1. The van der Waals surface area contributed by atoms with E-state index in [-0.39, 0.29) is 11.8 Å². The molecule has 0 saturated heterocycles. The molecule has 5 heteroatoms. The topological polar surface area (TPSA) is 48.4 Å². The lowest BCUT2D eigenvalue weighted by atomic mass is 10.0. The molecular formula is C25H26FNO3. The van der Waals surface area contributed by atoms with Crippen LogP contribution in [0, 0.1) is 5.82 Å². The molecule has 0 amide bonds. The number of hydrogen-bond donors (Lipinski definition) is 0. The molecule has 3 aromatic rings. The van der Waals surface area contributed by atoms with Gasteiger partial charge in [-0.25, -0.2) is 9.37 Å². The molecule has 0 N–H and O–H groups in total. The van der Waals surface area contributed by atoms with Crippen LogP contribution in [0.5, 0.6) is 5.88 Å². The lowest BCUT2D eigenvalue weighted by molar-refractivity contribution is -0.143. The van der Waals surface area contributed by atoms with Crippen molar-refractivity contribution in [1.82, 2.24) is 4.98 Å². The third kappa shape index (κ3) is 6.41. The molecule has 3 rings (SSSR count). The van der Waals surface area contributed by atoms with Gasteiger partial charge < -0.3 is 9.47 Å². The Bertz CT molecular complexity index is 942. The standard InChI is InChI=1S/C25H26FNO3/c1-2-29-25(28)11-7-4-8-16-30-24-18-21(19-9-5-3-6-10-19)17-23(27-24)20-12-14-22(26)15-13-20/h3,5-6,9-10,12-15,17-18H,2,4,7-8,11,16H2,1H3. The summed E-state index contributed by atoms with van der Waals surface area (Å²) >= 11 is 0. The molecule has 2 aromatic carbocycles. The van der Waals surface area contributed by atoms with Crippen LogP contribution in [0.4, 0.5) is 4.39 Å². The van der Waals surface area contributed by atoms with Crippen molar-refractivity contribution in [3.8, 4) is 28.3 Å². The quantitative estimate of drug-likeness (QED) is 0.303. The predicted molar refractivity (Wildman–Crippen MR) is 116 cm³/mol. The van der Waals surface area contributed by atoms with Crippen molar-refractivity contribution in [3.05, 3.63) is 72.5 Å². The maximum absolute atomic E-state index is 13.3. The van der Waals surface area contributed by atoms with Crippen LogP contribution in [0.25, 0.3) is 22.4 Å². The molecule has 0 unspecified atom stereocenters. The second-order valence-corrected chi connectivity index (χ2v) is 6.92. The summed E-state index contributed by atoms with van der Waals surface area (Å²) in [6.45, 7) is 2.74. The van der Waals surface area contributed by atoms with Gasteiger partial charge in [0.05, 0.1) is 18.9 Å². The Balaban J connectivity index is 1.68. The van der Waals surface area contributed by atoms with Gasteiger partial charge in [0, 0.05) is 18.1 Å². The molecule has 0 bridgehead atoms. The smallest absolute Gasteiger partial charge is 0.305 e. The highest BCUT2D eigenvalue weighted by Gasteiger charge is 2.09. The fourth-order valence-electron chi connectivity index (χ4n) is 3.10. The molecule has 1 aromatic heterocycles. The molecule has 1 heterocycles. The van der Waals surface area contributed by atoms with E-state index in [9.17, 15) is 9.18 Å². The van der Waals surface area contributed by atoms with Gasteiger partial charge in [-0.3, -0.25) is 4.79 Å². The van der Waals surface area contributed by atoms with E-state index in [1.54, 1.807) is 12.1 Å². The summed E-state index contributed by atoms with van der Waals surface area (Å²) < 4.78 is 24.2. The molecule has 0 aliphatic carbocycles. The van der Waals surface area contributed by atoms with E-state index in [0.29, 0.717) is 25.5 Å². The van der Waals surface area contributed by atoms with Crippen LogP contribution in [0.1, 0.15) is 32.6 Å². The number of aromatic nitrogens is 1. The van der Waals surface area contributed by atoms with Crippen LogP contribution in [-0.2, 0) is 9.53 Å². The van der Waals surface area contributed by atoms with Crippen molar-refractivity contribution in [2.75, 3.05) is 13.2 Å². The molecule has 0 fully saturated rings. The Kier molecular flexibility index (Phi) is 7.95. The van der Waals surface area contributed by atoms with Crippen molar-refractivity contribution >= 4 is 5.97 Å². The molecule has 30 heavy (non-hydrogen) atoms. The van der Waals surface area contributed by atoms with Gasteiger partial charge in [-0.1, -0.05) is 30.3 Å². The normalized spacial score (nSPS) is 10.6. The van der Waals surface area contributed by atoms with Crippen molar-refractivity contribution in [2.45, 2.75) is 32.6 Å². The Morgan fingerprint density at radius 1 is 0.900 bits per heavy atom. The third-order valence-electron chi connectivity index (χ3n) is 4.63. The van der Waals surface area contributed by atoms with E-state index >= 15 is 0 Å². The average molecular weight is 407 g/mol. The van der Waals surface area contributed by atoms with Crippen molar-refractivity contribution in [3.63, 3.8) is 0 Å². The van der Waals surface area contributed by atoms with Crippen LogP contribution >= 0.6 is 0 Å². The Morgan fingerprint density at radius 3 is 2.40 bits per heavy atom. The van der Waals surface area contributed by atoms with Gasteiger partial charge >= 0.3 is 5.97 Å². The van der Waals surface area contributed by atoms with Gasteiger partial charge in [-0.15, -0.1) is 0 Å². The summed E-state index contributed by atoms with van der Waals surface area (Å²) in [4.78, 5) is 16.0. The molecule has 0 aliphatic rings. The van der Waals surface area contributed by atoms with Gasteiger partial charge in [0.1, 0.15) is 5.82 Å². The first-order valence-corrected chi connectivity index (χ1v) is 10.3. The summed E-state index contributed by atoms with van der Waals surface area (Å²) in [6, 6.07) is 20.2. The third-order valence-corrected chi connectivity index (χ3v) is 4.63. The number of carbonyl (C=O) groups is 1. The largest absolute Gasteiger partial charge is 0.478 e. The first kappa shape index (κ1) is 21.5. The number of nitrogens with zero attached hydrogens (tertiary/aromatic N) is 1. The fourth-order valence-corrected chi connectivity index (χ4v) is 3.10. The Hall–Kier alpha value is -3.21. The zero-order chi connectivity index (χ0) is 21.2. The molecule has 0 radical (unpaired) electrons. The predicted octanol–water partition coefficient (Wildman–Crippen LogP) is 6.06. The SMILES string of the molecule is CCOC(=O)CCCCCOc1cc(-c2ccccc2)cc(-c2ccc(F)cc2)n1. The van der Waals surface area contributed by atoms with Gasteiger partial charge in [0.25, 0.3) is 0 Å². The lowest BCUT2D eigenvalue weighted by Crippen LogP contribution is -2.04. The van der Waals surface area contributed by atoms with Crippen molar-refractivity contribution in [1.29, 1.82) is 0 Å². The summed E-state index contributed by atoms with van der Waals surface area (Å²) in [7, 11) is 0. The number of hydrogen-bond acceptors (Lipinski definition) is 4. The first-order chi connectivity index (χ1) is 14.7. The number of unbranched alkanes of at least 4 members (excludes halogenated alkanes) is 2. The summed E-state index contributed by atoms with van der Waals surface area (Å²) in [5.74, 6) is 0.0953. The number of esters is 1. The Morgan fingerprint density at radius 2 is 1.67 bits per heavy atom. The van der Waals surface area contributed by atoms with E-state index in [1.807, 2.05) is 49.4 Å². The van der Waals surface area contributed by atoms with E-state index in [2.05, 4.69) is 4.98 Å². The summed E-state index contributed by atoms with van der Waals surface area (Å²) in [5.41, 5.74) is 3.60. The van der Waals surface area contributed by atoms with Crippen LogP contribution in [0.15, 0.2) is 66.7 Å². The minimum Gasteiger partial charge on any atom is -0.478 e. The van der Waals surface area contributed by atoms with Crippen molar-refractivity contribution < 1.29 is 18.7 Å². The van der Waals surface area contributed by atoms with Gasteiger partial charge in [0.15, 0.2) is 0 Å².